The van der Waals surface area contributed by atoms with Crippen LogP contribution in [-0.4, -0.2) is 16.7 Å². The second-order valence-corrected chi connectivity index (χ2v) is 15.4. The van der Waals surface area contributed by atoms with Crippen LogP contribution in [0.5, 0.6) is 0 Å². The third kappa shape index (κ3) is 5.47. The van der Waals surface area contributed by atoms with E-state index in [-0.39, 0.29) is 6.71 Å². The van der Waals surface area contributed by atoms with Crippen LogP contribution in [0.2, 0.25) is 0 Å². The predicted octanol–water partition coefficient (Wildman–Crippen LogP) is 11.9. The summed E-state index contributed by atoms with van der Waals surface area (Å²) in [5, 5.41) is 4.87. The van der Waals surface area contributed by atoms with Gasteiger partial charge in [-0.05, 0) is 92.5 Å². The van der Waals surface area contributed by atoms with Crippen molar-refractivity contribution in [2.45, 2.75) is 0 Å². The van der Waals surface area contributed by atoms with Gasteiger partial charge in [-0.1, -0.05) is 158 Å². The van der Waals surface area contributed by atoms with Gasteiger partial charge in [0.05, 0.1) is 11.4 Å². The van der Waals surface area contributed by atoms with E-state index in [0.717, 1.165) is 50.8 Å². The summed E-state index contributed by atoms with van der Waals surface area (Å²) in [6.07, 6.45) is 0. The molecule has 2 aliphatic heterocycles. The number of fused-ring (bicyclic) bond motifs is 6. The van der Waals surface area contributed by atoms with Crippen molar-refractivity contribution in [3.8, 4) is 33.9 Å². The fraction of sp³-hybridized carbons (Fsp3) is 0. The molecule has 274 valence electrons. The third-order valence-electron chi connectivity index (χ3n) is 12.0. The van der Waals surface area contributed by atoms with Gasteiger partial charge in [-0.2, -0.15) is 0 Å². The van der Waals surface area contributed by atoms with Crippen LogP contribution in [0.1, 0.15) is 0 Å². The SMILES string of the molecule is c1ccc(-c2cc(-c3ccccc3)nc(-c3cc4c5c(c3)N(c3ccccc3)c3cc6ccccc6cc3B5c3cc5ccccc5cc3N4c3ccccc3)n2)cc1. The fourth-order valence-electron chi connectivity index (χ4n) is 9.30. The Morgan fingerprint density at radius 2 is 0.695 bits per heavy atom. The molecule has 0 saturated heterocycles. The van der Waals surface area contributed by atoms with Gasteiger partial charge < -0.3 is 9.80 Å². The van der Waals surface area contributed by atoms with E-state index in [0.29, 0.717) is 5.82 Å². The highest BCUT2D eigenvalue weighted by molar-refractivity contribution is 7.00. The molecule has 9 aromatic carbocycles. The molecule has 0 amide bonds. The van der Waals surface area contributed by atoms with Crippen molar-refractivity contribution in [2.75, 3.05) is 9.80 Å². The summed E-state index contributed by atoms with van der Waals surface area (Å²) < 4.78 is 0. The van der Waals surface area contributed by atoms with E-state index in [1.165, 1.54) is 49.3 Å². The van der Waals surface area contributed by atoms with Gasteiger partial charge >= 0.3 is 0 Å². The van der Waals surface area contributed by atoms with Crippen LogP contribution in [0.4, 0.5) is 34.1 Å². The zero-order valence-electron chi connectivity index (χ0n) is 32.1. The number of aromatic nitrogens is 2. The molecule has 0 spiro atoms. The Labute approximate surface area is 343 Å². The van der Waals surface area contributed by atoms with Gasteiger partial charge in [-0.25, -0.2) is 9.97 Å². The lowest BCUT2D eigenvalue weighted by Crippen LogP contribution is -2.61. The standard InChI is InChI=1S/C54H35BN4/c1-5-17-36(18-6-1)47-35-48(37-19-7-2-8-20-37)57-54(56-47)42-33-51-53-52(34-42)59(44-27-11-4-12-28-44)50-32-41-24-16-14-22-39(41)30-46(50)55(53)45-29-38-21-13-15-23-40(38)31-49(45)58(51)43-25-9-3-10-26-43/h1-35H. The summed E-state index contributed by atoms with van der Waals surface area (Å²) in [5.74, 6) is 0.676. The van der Waals surface area contributed by atoms with Crippen molar-refractivity contribution in [2.24, 2.45) is 0 Å². The number of hydrogen-bond acceptors (Lipinski definition) is 4. The van der Waals surface area contributed by atoms with Crippen LogP contribution in [0, 0.1) is 0 Å². The molecule has 0 radical (unpaired) electrons. The Morgan fingerprint density at radius 3 is 1.12 bits per heavy atom. The minimum absolute atomic E-state index is 0.0374. The summed E-state index contributed by atoms with van der Waals surface area (Å²) >= 11 is 0. The zero-order valence-corrected chi connectivity index (χ0v) is 32.1. The van der Waals surface area contributed by atoms with Crippen LogP contribution < -0.4 is 26.2 Å². The summed E-state index contributed by atoms with van der Waals surface area (Å²) in [5.41, 5.74) is 15.4. The Balaban J connectivity index is 1.22. The first kappa shape index (κ1) is 33.4. The summed E-state index contributed by atoms with van der Waals surface area (Å²) in [4.78, 5) is 15.7. The van der Waals surface area contributed by atoms with Crippen LogP contribution >= 0.6 is 0 Å². The molecule has 5 heteroatoms. The number of benzene rings is 9. The molecule has 2 aliphatic rings. The highest BCUT2D eigenvalue weighted by Gasteiger charge is 2.44. The number of anilines is 6. The number of hydrogen-bond donors (Lipinski definition) is 0. The quantitative estimate of drug-likeness (QED) is 0.164. The van der Waals surface area contributed by atoms with Crippen LogP contribution in [0.3, 0.4) is 0 Å². The highest BCUT2D eigenvalue weighted by atomic mass is 15.2. The van der Waals surface area contributed by atoms with Crippen LogP contribution in [0.15, 0.2) is 212 Å². The smallest absolute Gasteiger partial charge is 0.252 e. The average Bonchev–Trinajstić information content (AvgIpc) is 3.31. The first-order valence-corrected chi connectivity index (χ1v) is 20.2. The normalized spacial score (nSPS) is 12.6. The molecule has 3 heterocycles. The highest BCUT2D eigenvalue weighted by Crippen LogP contribution is 2.47. The van der Waals surface area contributed by atoms with Crippen molar-refractivity contribution in [3.63, 3.8) is 0 Å². The number of para-hydroxylation sites is 2. The molecule has 0 fully saturated rings. The molecule has 1 aromatic heterocycles. The Bertz CT molecular complexity index is 3020. The van der Waals surface area contributed by atoms with E-state index in [2.05, 4.69) is 210 Å². The molecule has 0 atom stereocenters. The van der Waals surface area contributed by atoms with Gasteiger partial charge in [-0.15, -0.1) is 0 Å². The lowest BCUT2D eigenvalue weighted by Gasteiger charge is -2.44. The van der Waals surface area contributed by atoms with E-state index in [9.17, 15) is 0 Å². The molecule has 0 bridgehead atoms. The average molecular weight is 751 g/mol. The molecule has 0 N–H and O–H groups in total. The molecule has 59 heavy (non-hydrogen) atoms. The van der Waals surface area contributed by atoms with Gasteiger partial charge in [0.1, 0.15) is 0 Å². The van der Waals surface area contributed by atoms with Gasteiger partial charge in [0.25, 0.3) is 6.71 Å². The first-order valence-electron chi connectivity index (χ1n) is 20.2. The second kappa shape index (κ2) is 13.4. The molecule has 4 nitrogen and oxygen atoms in total. The first-order chi connectivity index (χ1) is 29.2. The Hall–Kier alpha value is -7.76. The van der Waals surface area contributed by atoms with Crippen molar-refractivity contribution < 1.29 is 0 Å². The van der Waals surface area contributed by atoms with Gasteiger partial charge in [0, 0.05) is 50.8 Å². The molecule has 12 rings (SSSR count). The molecule has 0 saturated carbocycles. The predicted molar refractivity (Wildman–Crippen MR) is 247 cm³/mol. The maximum absolute atomic E-state index is 5.38. The monoisotopic (exact) mass is 750 g/mol. The van der Waals surface area contributed by atoms with E-state index >= 15 is 0 Å². The van der Waals surface area contributed by atoms with Crippen molar-refractivity contribution in [3.05, 3.63) is 212 Å². The topological polar surface area (TPSA) is 32.3 Å². The van der Waals surface area contributed by atoms with E-state index in [1.807, 2.05) is 12.1 Å². The maximum Gasteiger partial charge on any atom is 0.252 e. The summed E-state index contributed by atoms with van der Waals surface area (Å²) in [7, 11) is 0. The summed E-state index contributed by atoms with van der Waals surface area (Å²) in [6, 6.07) is 76.4. The van der Waals surface area contributed by atoms with Crippen LogP contribution in [0.25, 0.3) is 55.4 Å². The number of rotatable bonds is 5. The van der Waals surface area contributed by atoms with Crippen molar-refractivity contribution in [1.29, 1.82) is 0 Å². The van der Waals surface area contributed by atoms with E-state index < -0.39 is 0 Å². The molecular formula is C54H35BN4. The molecule has 10 aromatic rings. The van der Waals surface area contributed by atoms with Crippen LogP contribution in [-0.2, 0) is 0 Å². The molecular weight excluding hydrogens is 715 g/mol. The fourth-order valence-corrected chi connectivity index (χ4v) is 9.30. The minimum atomic E-state index is -0.0374. The second-order valence-electron chi connectivity index (χ2n) is 15.4. The number of nitrogens with zero attached hydrogens (tertiary/aromatic N) is 4. The van der Waals surface area contributed by atoms with Gasteiger partial charge in [0.15, 0.2) is 5.82 Å². The Kier molecular flexibility index (Phi) is 7.60. The lowest BCUT2D eigenvalue weighted by molar-refractivity contribution is 1.18. The zero-order chi connectivity index (χ0) is 38.9. The lowest BCUT2D eigenvalue weighted by atomic mass is 9.33. The van der Waals surface area contributed by atoms with Gasteiger partial charge in [0.2, 0.25) is 0 Å². The van der Waals surface area contributed by atoms with E-state index in [4.69, 9.17) is 9.97 Å². The maximum atomic E-state index is 5.38. The molecule has 0 aliphatic carbocycles. The Morgan fingerprint density at radius 1 is 0.322 bits per heavy atom. The van der Waals surface area contributed by atoms with Crippen molar-refractivity contribution >= 4 is 78.8 Å². The van der Waals surface area contributed by atoms with Gasteiger partial charge in [-0.3, -0.25) is 0 Å². The summed E-state index contributed by atoms with van der Waals surface area (Å²) in [6.45, 7) is -0.0374. The minimum Gasteiger partial charge on any atom is -0.311 e. The third-order valence-corrected chi connectivity index (χ3v) is 12.0. The largest absolute Gasteiger partial charge is 0.311 e. The molecule has 0 unspecified atom stereocenters. The van der Waals surface area contributed by atoms with Crippen molar-refractivity contribution in [1.82, 2.24) is 9.97 Å². The van der Waals surface area contributed by atoms with E-state index in [1.54, 1.807) is 0 Å².